The third-order valence-corrected chi connectivity index (χ3v) is 10.4. The average Bonchev–Trinajstić information content (AvgIpc) is 3.04. The first-order chi connectivity index (χ1) is 14.1. The molecule has 0 spiro atoms. The number of ketones is 1. The largest absolute Gasteiger partial charge is 0.393 e. The van der Waals surface area contributed by atoms with E-state index in [0.29, 0.717) is 47.7 Å². The molecule has 1 N–H and O–H groups in total. The highest BCUT2D eigenvalue weighted by Gasteiger charge is 2.61. The van der Waals surface area contributed by atoms with Crippen molar-refractivity contribution in [2.75, 3.05) is 0 Å². The number of allylic oxidation sites excluding steroid dienone is 3. The molecule has 3 fully saturated rings. The first-order valence-corrected chi connectivity index (χ1v) is 12.7. The second-order valence-corrected chi connectivity index (χ2v) is 12.2. The highest BCUT2D eigenvalue weighted by Crippen LogP contribution is 2.66. The average molecular weight is 413 g/mol. The van der Waals surface area contributed by atoms with Crippen molar-refractivity contribution in [1.29, 1.82) is 0 Å². The van der Waals surface area contributed by atoms with Gasteiger partial charge in [-0.2, -0.15) is 0 Å². The van der Waals surface area contributed by atoms with E-state index < -0.39 is 0 Å². The zero-order valence-corrected chi connectivity index (χ0v) is 20.2. The van der Waals surface area contributed by atoms with Gasteiger partial charge in [-0.05, 0) is 97.4 Å². The van der Waals surface area contributed by atoms with E-state index in [2.05, 4.69) is 53.7 Å². The normalized spacial score (nSPS) is 45.7. The molecule has 0 aromatic rings. The van der Waals surface area contributed by atoms with Gasteiger partial charge < -0.3 is 5.11 Å². The summed E-state index contributed by atoms with van der Waals surface area (Å²) in [5.74, 6) is 4.21. The van der Waals surface area contributed by atoms with E-state index in [4.69, 9.17) is 0 Å². The Morgan fingerprint density at radius 2 is 1.73 bits per heavy atom. The molecule has 4 aliphatic carbocycles. The SMILES string of the molecule is CC(C)[C@H](C)/C=C/[C@@H](C)[C@H]1CC[C@H]2C3C(=O)C=C4C[C@@H](O)CC[C@]4(C)[C@H]3CC[C@]12C. The maximum atomic E-state index is 13.4. The van der Waals surface area contributed by atoms with Gasteiger partial charge in [0.25, 0.3) is 0 Å². The Hall–Kier alpha value is -0.890. The summed E-state index contributed by atoms with van der Waals surface area (Å²) in [6.45, 7) is 14.3. The fourth-order valence-corrected chi connectivity index (χ4v) is 7.99. The summed E-state index contributed by atoms with van der Waals surface area (Å²) in [5, 5.41) is 10.2. The van der Waals surface area contributed by atoms with Crippen molar-refractivity contribution in [2.24, 2.45) is 52.3 Å². The summed E-state index contributed by atoms with van der Waals surface area (Å²) < 4.78 is 0. The predicted octanol–water partition coefficient (Wildman–Crippen LogP) is 6.59. The van der Waals surface area contributed by atoms with Gasteiger partial charge >= 0.3 is 0 Å². The van der Waals surface area contributed by atoms with Gasteiger partial charge in [0, 0.05) is 5.92 Å². The van der Waals surface area contributed by atoms with Gasteiger partial charge in [0.15, 0.2) is 5.78 Å². The van der Waals surface area contributed by atoms with Gasteiger partial charge in [0.05, 0.1) is 6.10 Å². The number of aliphatic hydroxyl groups is 1. The topological polar surface area (TPSA) is 37.3 Å². The third kappa shape index (κ3) is 3.46. The number of aliphatic hydroxyl groups excluding tert-OH is 1. The molecule has 0 saturated heterocycles. The molecule has 1 unspecified atom stereocenters. The lowest BCUT2D eigenvalue weighted by molar-refractivity contribution is -0.134. The molecule has 0 aliphatic heterocycles. The number of hydrogen-bond acceptors (Lipinski definition) is 2. The summed E-state index contributed by atoms with van der Waals surface area (Å²) in [5.41, 5.74) is 1.68. The van der Waals surface area contributed by atoms with E-state index >= 15 is 0 Å². The first kappa shape index (κ1) is 22.3. The molecule has 0 bridgehead atoms. The monoisotopic (exact) mass is 412 g/mol. The minimum Gasteiger partial charge on any atom is -0.393 e. The van der Waals surface area contributed by atoms with Gasteiger partial charge in [-0.15, -0.1) is 0 Å². The van der Waals surface area contributed by atoms with Crippen molar-refractivity contribution < 1.29 is 9.90 Å². The number of fused-ring (bicyclic) bond motifs is 5. The van der Waals surface area contributed by atoms with Crippen LogP contribution in [0.25, 0.3) is 0 Å². The molecule has 2 nitrogen and oxygen atoms in total. The summed E-state index contributed by atoms with van der Waals surface area (Å²) in [6.07, 6.45) is 14.2. The van der Waals surface area contributed by atoms with Crippen LogP contribution in [0, 0.1) is 52.3 Å². The minimum absolute atomic E-state index is 0.134. The van der Waals surface area contributed by atoms with Gasteiger partial charge in [0.1, 0.15) is 0 Å². The Kier molecular flexibility index (Phi) is 5.88. The van der Waals surface area contributed by atoms with Gasteiger partial charge in [-0.1, -0.05) is 59.3 Å². The van der Waals surface area contributed by atoms with E-state index in [9.17, 15) is 9.90 Å². The van der Waals surface area contributed by atoms with Crippen LogP contribution in [0.2, 0.25) is 0 Å². The molecule has 2 heteroatoms. The van der Waals surface area contributed by atoms with Crippen molar-refractivity contribution in [3.05, 3.63) is 23.8 Å². The molecular formula is C28H44O2. The smallest absolute Gasteiger partial charge is 0.159 e. The Bertz CT molecular complexity index is 733. The van der Waals surface area contributed by atoms with Crippen LogP contribution in [0.4, 0.5) is 0 Å². The number of carbonyl (C=O) groups is 1. The first-order valence-electron chi connectivity index (χ1n) is 12.7. The van der Waals surface area contributed by atoms with Gasteiger partial charge in [-0.3, -0.25) is 4.79 Å². The molecule has 4 aliphatic rings. The van der Waals surface area contributed by atoms with Crippen molar-refractivity contribution >= 4 is 5.78 Å². The fourth-order valence-electron chi connectivity index (χ4n) is 7.99. The molecule has 0 amide bonds. The molecule has 0 heterocycles. The van der Waals surface area contributed by atoms with E-state index in [-0.39, 0.29) is 22.9 Å². The van der Waals surface area contributed by atoms with Crippen molar-refractivity contribution in [3.63, 3.8) is 0 Å². The van der Waals surface area contributed by atoms with Crippen LogP contribution in [0.1, 0.15) is 86.5 Å². The minimum atomic E-state index is -0.251. The Balaban J connectivity index is 1.58. The Morgan fingerprint density at radius 1 is 1.00 bits per heavy atom. The molecule has 4 rings (SSSR count). The lowest BCUT2D eigenvalue weighted by Gasteiger charge is -2.57. The highest BCUT2D eigenvalue weighted by atomic mass is 16.3. The molecule has 0 aromatic carbocycles. The zero-order chi connectivity index (χ0) is 21.8. The van der Waals surface area contributed by atoms with Gasteiger partial charge in [0.2, 0.25) is 0 Å². The highest BCUT2D eigenvalue weighted by molar-refractivity contribution is 5.94. The van der Waals surface area contributed by atoms with E-state index in [1.807, 2.05) is 6.08 Å². The van der Waals surface area contributed by atoms with Crippen LogP contribution >= 0.6 is 0 Å². The standard InChI is InChI=1S/C28H44O2/c1-17(2)18(3)7-8-19(4)22-9-10-23-26-24(12-14-28(22,23)6)27(5)13-11-21(29)15-20(27)16-25(26)30/h7-8,16-19,21-24,26,29H,9-15H2,1-6H3/b8-7+/t18-,19-,21+,22-,23+,24+,26?,27+,28-/m1/s1. The fraction of sp³-hybridized carbons (Fsp3) is 0.821. The third-order valence-electron chi connectivity index (χ3n) is 10.4. The molecule has 3 saturated carbocycles. The Labute approximate surface area is 184 Å². The van der Waals surface area contributed by atoms with Crippen LogP contribution in [0.15, 0.2) is 23.8 Å². The molecule has 168 valence electrons. The zero-order valence-electron chi connectivity index (χ0n) is 20.2. The summed E-state index contributed by atoms with van der Waals surface area (Å²) in [4.78, 5) is 13.4. The van der Waals surface area contributed by atoms with Crippen LogP contribution in [-0.4, -0.2) is 17.0 Å². The molecule has 0 radical (unpaired) electrons. The quantitative estimate of drug-likeness (QED) is 0.529. The summed E-state index contributed by atoms with van der Waals surface area (Å²) in [6, 6.07) is 0. The van der Waals surface area contributed by atoms with E-state index in [1.54, 1.807) is 0 Å². The van der Waals surface area contributed by atoms with Crippen molar-refractivity contribution in [2.45, 2.75) is 92.6 Å². The van der Waals surface area contributed by atoms with Crippen molar-refractivity contribution in [3.8, 4) is 0 Å². The van der Waals surface area contributed by atoms with Crippen LogP contribution in [0.5, 0.6) is 0 Å². The van der Waals surface area contributed by atoms with Crippen molar-refractivity contribution in [1.82, 2.24) is 0 Å². The van der Waals surface area contributed by atoms with E-state index in [0.717, 1.165) is 12.8 Å². The molecular weight excluding hydrogens is 368 g/mol. The lowest BCUT2D eigenvalue weighted by atomic mass is 9.46. The van der Waals surface area contributed by atoms with Gasteiger partial charge in [-0.25, -0.2) is 0 Å². The van der Waals surface area contributed by atoms with E-state index in [1.165, 1.54) is 31.3 Å². The lowest BCUT2D eigenvalue weighted by Crippen LogP contribution is -2.53. The second kappa shape index (κ2) is 7.91. The predicted molar refractivity (Wildman–Crippen MR) is 124 cm³/mol. The summed E-state index contributed by atoms with van der Waals surface area (Å²) >= 11 is 0. The summed E-state index contributed by atoms with van der Waals surface area (Å²) in [7, 11) is 0. The van der Waals surface area contributed by atoms with Crippen LogP contribution in [0.3, 0.4) is 0 Å². The maximum absolute atomic E-state index is 13.4. The molecule has 0 aromatic heterocycles. The number of carbonyl (C=O) groups excluding carboxylic acids is 1. The maximum Gasteiger partial charge on any atom is 0.159 e. The second-order valence-electron chi connectivity index (χ2n) is 12.2. The molecule has 9 atom stereocenters. The number of rotatable bonds is 4. The van der Waals surface area contributed by atoms with Crippen LogP contribution in [-0.2, 0) is 4.79 Å². The Morgan fingerprint density at radius 3 is 2.43 bits per heavy atom. The van der Waals surface area contributed by atoms with Crippen LogP contribution < -0.4 is 0 Å². The number of hydrogen-bond donors (Lipinski definition) is 1. The molecule has 30 heavy (non-hydrogen) atoms.